The quantitative estimate of drug-likeness (QED) is 0.888. The van der Waals surface area contributed by atoms with Gasteiger partial charge >= 0.3 is 0 Å². The fourth-order valence-electron chi connectivity index (χ4n) is 2.11. The summed E-state index contributed by atoms with van der Waals surface area (Å²) in [6.07, 6.45) is 3.46. The van der Waals surface area contributed by atoms with Crippen LogP contribution in [0.2, 0.25) is 5.02 Å². The summed E-state index contributed by atoms with van der Waals surface area (Å²) in [5.74, 6) is 0.228. The number of primary sulfonamides is 1. The molecule has 0 aliphatic heterocycles. The zero-order valence-electron chi connectivity index (χ0n) is 11.1. The number of hydrogen-bond donors (Lipinski definition) is 2. The number of sulfonamides is 1. The largest absolute Gasteiger partial charge is 0.352 e. The van der Waals surface area contributed by atoms with E-state index < -0.39 is 10.0 Å². The van der Waals surface area contributed by atoms with Crippen LogP contribution >= 0.6 is 11.6 Å². The minimum absolute atomic E-state index is 0.0584. The summed E-state index contributed by atoms with van der Waals surface area (Å²) < 4.78 is 22.9. The molecule has 0 heterocycles. The van der Waals surface area contributed by atoms with Gasteiger partial charge < -0.3 is 5.32 Å². The number of aryl methyl sites for hydroxylation is 1. The molecule has 0 aromatic heterocycles. The molecule has 1 saturated carbocycles. The van der Waals surface area contributed by atoms with Crippen molar-refractivity contribution in [3.05, 3.63) is 28.3 Å². The molecule has 0 unspecified atom stereocenters. The van der Waals surface area contributed by atoms with Crippen LogP contribution in [0.3, 0.4) is 0 Å². The van der Waals surface area contributed by atoms with Gasteiger partial charge in [0.25, 0.3) is 5.91 Å². The number of carbonyl (C=O) groups excluding carboxylic acids is 1. The van der Waals surface area contributed by atoms with Crippen molar-refractivity contribution < 1.29 is 13.2 Å². The number of benzene rings is 1. The number of nitrogens with one attached hydrogen (secondary N) is 1. The molecule has 1 amide bonds. The minimum Gasteiger partial charge on any atom is -0.352 e. The monoisotopic (exact) mass is 316 g/mol. The van der Waals surface area contributed by atoms with Gasteiger partial charge in [0.1, 0.15) is 4.90 Å². The van der Waals surface area contributed by atoms with Crippen LogP contribution in [0.1, 0.15) is 35.2 Å². The first-order chi connectivity index (χ1) is 9.29. The van der Waals surface area contributed by atoms with Crippen molar-refractivity contribution in [2.45, 2.75) is 31.1 Å². The van der Waals surface area contributed by atoms with Crippen molar-refractivity contribution in [1.29, 1.82) is 0 Å². The summed E-state index contributed by atoms with van der Waals surface area (Å²) in [7, 11) is -3.95. The molecular formula is C13H17ClN2O3S. The summed E-state index contributed by atoms with van der Waals surface area (Å²) in [5, 5.41) is 7.97. The van der Waals surface area contributed by atoms with Crippen molar-refractivity contribution in [3.63, 3.8) is 0 Å². The maximum Gasteiger partial charge on any atom is 0.251 e. The Bertz CT molecular complexity index is 639. The van der Waals surface area contributed by atoms with E-state index in [0.29, 0.717) is 18.0 Å². The first-order valence-corrected chi connectivity index (χ1v) is 8.32. The molecule has 1 aromatic rings. The first-order valence-electron chi connectivity index (χ1n) is 6.40. The predicted molar refractivity (Wildman–Crippen MR) is 77.2 cm³/mol. The van der Waals surface area contributed by atoms with Crippen LogP contribution < -0.4 is 10.5 Å². The van der Waals surface area contributed by atoms with E-state index in [-0.39, 0.29) is 21.4 Å². The van der Waals surface area contributed by atoms with Gasteiger partial charge in [0.2, 0.25) is 10.0 Å². The Kier molecular flexibility index (Phi) is 4.36. The van der Waals surface area contributed by atoms with Crippen LogP contribution in [0.4, 0.5) is 0 Å². The average Bonchev–Trinajstić information content (AvgIpc) is 2.28. The van der Waals surface area contributed by atoms with E-state index in [4.69, 9.17) is 16.7 Å². The second-order valence-corrected chi connectivity index (χ2v) is 7.07. The molecule has 1 fully saturated rings. The first kappa shape index (κ1) is 15.3. The van der Waals surface area contributed by atoms with Gasteiger partial charge in [-0.05, 0) is 43.4 Å². The summed E-state index contributed by atoms with van der Waals surface area (Å²) in [6, 6.07) is 2.79. The van der Waals surface area contributed by atoms with E-state index in [0.717, 1.165) is 12.8 Å². The van der Waals surface area contributed by atoms with Crippen molar-refractivity contribution >= 4 is 27.5 Å². The lowest BCUT2D eigenvalue weighted by atomic mass is 9.85. The van der Waals surface area contributed by atoms with Gasteiger partial charge in [-0.3, -0.25) is 4.79 Å². The average molecular weight is 317 g/mol. The number of nitrogens with two attached hydrogens (primary N) is 1. The fourth-order valence-corrected chi connectivity index (χ4v) is 3.25. The van der Waals surface area contributed by atoms with Crippen molar-refractivity contribution in [3.8, 4) is 0 Å². The number of halogens is 1. The zero-order chi connectivity index (χ0) is 14.9. The van der Waals surface area contributed by atoms with Gasteiger partial charge in [-0.2, -0.15) is 0 Å². The topological polar surface area (TPSA) is 89.3 Å². The van der Waals surface area contributed by atoms with Crippen LogP contribution in [-0.4, -0.2) is 20.9 Å². The zero-order valence-corrected chi connectivity index (χ0v) is 12.7. The Morgan fingerprint density at radius 1 is 1.45 bits per heavy atom. The normalized spacial score (nSPS) is 15.8. The van der Waals surface area contributed by atoms with Gasteiger partial charge in [-0.1, -0.05) is 18.0 Å². The number of amides is 1. The van der Waals surface area contributed by atoms with E-state index in [1.807, 2.05) is 0 Å². The number of rotatable bonds is 4. The molecule has 1 aromatic carbocycles. The lowest BCUT2D eigenvalue weighted by molar-refractivity contribution is 0.0939. The van der Waals surface area contributed by atoms with Crippen LogP contribution in [0.15, 0.2) is 17.0 Å². The molecule has 110 valence electrons. The Hall–Kier alpha value is -1.11. The number of carbonyl (C=O) groups is 1. The Morgan fingerprint density at radius 2 is 2.10 bits per heavy atom. The number of hydrogen-bond acceptors (Lipinski definition) is 3. The minimum atomic E-state index is -3.95. The summed E-state index contributed by atoms with van der Waals surface area (Å²) in [4.78, 5) is 11.8. The molecule has 0 saturated heterocycles. The smallest absolute Gasteiger partial charge is 0.251 e. The molecule has 7 heteroatoms. The van der Waals surface area contributed by atoms with E-state index in [9.17, 15) is 13.2 Å². The van der Waals surface area contributed by atoms with Gasteiger partial charge in [-0.15, -0.1) is 0 Å². The SMILES string of the molecule is Cc1cc(C(=O)NCC2CCC2)cc(S(N)(=O)=O)c1Cl. The molecule has 1 aliphatic rings. The third-order valence-corrected chi connectivity index (χ3v) is 5.11. The van der Waals surface area contributed by atoms with Crippen LogP contribution in [0, 0.1) is 12.8 Å². The third kappa shape index (κ3) is 3.31. The molecular weight excluding hydrogens is 300 g/mol. The highest BCUT2D eigenvalue weighted by atomic mass is 35.5. The van der Waals surface area contributed by atoms with Gasteiger partial charge in [0.05, 0.1) is 5.02 Å². The Morgan fingerprint density at radius 3 is 2.60 bits per heavy atom. The van der Waals surface area contributed by atoms with E-state index in [1.165, 1.54) is 12.5 Å². The van der Waals surface area contributed by atoms with Crippen LogP contribution in [0.5, 0.6) is 0 Å². The molecule has 1 aliphatic carbocycles. The molecule has 20 heavy (non-hydrogen) atoms. The Labute approximate surface area is 123 Å². The summed E-state index contributed by atoms with van der Waals surface area (Å²) >= 11 is 5.92. The maximum atomic E-state index is 12.0. The van der Waals surface area contributed by atoms with E-state index >= 15 is 0 Å². The highest BCUT2D eigenvalue weighted by Crippen LogP contribution is 2.27. The second kappa shape index (κ2) is 5.71. The van der Waals surface area contributed by atoms with E-state index in [1.54, 1.807) is 13.0 Å². The predicted octanol–water partition coefficient (Wildman–Crippen LogP) is 1.83. The van der Waals surface area contributed by atoms with Crippen LogP contribution in [-0.2, 0) is 10.0 Å². The summed E-state index contributed by atoms with van der Waals surface area (Å²) in [6.45, 7) is 2.25. The molecule has 0 bridgehead atoms. The van der Waals surface area contributed by atoms with Crippen molar-refractivity contribution in [2.75, 3.05) is 6.54 Å². The fraction of sp³-hybridized carbons (Fsp3) is 0.462. The standard InChI is InChI=1S/C13H17ClN2O3S/c1-8-5-10(6-11(12(8)14)20(15,18)19)13(17)16-7-9-3-2-4-9/h5-6,9H,2-4,7H2,1H3,(H,16,17)(H2,15,18,19). The lowest BCUT2D eigenvalue weighted by Gasteiger charge is -2.25. The van der Waals surface area contributed by atoms with E-state index in [2.05, 4.69) is 5.32 Å². The second-order valence-electron chi connectivity index (χ2n) is 5.16. The summed E-state index contributed by atoms with van der Waals surface area (Å²) in [5.41, 5.74) is 0.766. The molecule has 5 nitrogen and oxygen atoms in total. The molecule has 0 spiro atoms. The van der Waals surface area contributed by atoms with Gasteiger partial charge in [-0.25, -0.2) is 13.6 Å². The molecule has 3 N–H and O–H groups in total. The highest BCUT2D eigenvalue weighted by molar-refractivity contribution is 7.89. The van der Waals surface area contributed by atoms with Gasteiger partial charge in [0, 0.05) is 12.1 Å². The maximum absolute atomic E-state index is 12.0. The molecule has 0 atom stereocenters. The molecule has 2 rings (SSSR count). The van der Waals surface area contributed by atoms with Crippen LogP contribution in [0.25, 0.3) is 0 Å². The molecule has 0 radical (unpaired) electrons. The lowest BCUT2D eigenvalue weighted by Crippen LogP contribution is -2.32. The van der Waals surface area contributed by atoms with Crippen molar-refractivity contribution in [2.24, 2.45) is 11.1 Å². The highest BCUT2D eigenvalue weighted by Gasteiger charge is 2.21. The Balaban J connectivity index is 2.23. The van der Waals surface area contributed by atoms with Gasteiger partial charge in [0.15, 0.2) is 0 Å². The van der Waals surface area contributed by atoms with Crippen molar-refractivity contribution in [1.82, 2.24) is 5.32 Å². The third-order valence-electron chi connectivity index (χ3n) is 3.57.